The fourth-order valence-corrected chi connectivity index (χ4v) is 6.42. The van der Waals surface area contributed by atoms with Crippen LogP contribution in [0, 0.1) is 0 Å². The summed E-state index contributed by atoms with van der Waals surface area (Å²) in [5.41, 5.74) is 5.14. The van der Waals surface area contributed by atoms with E-state index >= 15 is 0 Å². The summed E-state index contributed by atoms with van der Waals surface area (Å²) in [5, 5.41) is 9.34. The zero-order valence-corrected chi connectivity index (χ0v) is 22.9. The topological polar surface area (TPSA) is 64.1 Å². The average molecular weight is 548 g/mol. The lowest BCUT2D eigenvalue weighted by Crippen LogP contribution is -2.08. The minimum atomic E-state index is -0.362. The van der Waals surface area contributed by atoms with E-state index in [2.05, 4.69) is 47.8 Å². The predicted molar refractivity (Wildman–Crippen MR) is 162 cm³/mol. The maximum Gasteiger partial charge on any atom is 0.341 e. The fraction of sp³-hybridized carbons (Fsp3) is 0.0938. The number of para-hydroxylation sites is 2. The Bertz CT molecular complexity index is 1780. The largest absolute Gasteiger partial charge is 0.462 e. The second-order valence-corrected chi connectivity index (χ2v) is 10.7. The molecule has 0 fully saturated rings. The Kier molecular flexibility index (Phi) is 7.25. The van der Waals surface area contributed by atoms with Crippen molar-refractivity contribution in [3.63, 3.8) is 0 Å². The number of esters is 1. The number of thiophene rings is 1. The summed E-state index contributed by atoms with van der Waals surface area (Å²) >= 11 is 3.09. The van der Waals surface area contributed by atoms with Gasteiger partial charge in [-0.15, -0.1) is 11.3 Å². The van der Waals surface area contributed by atoms with Crippen LogP contribution in [0.2, 0.25) is 0 Å². The molecule has 2 aromatic heterocycles. The Morgan fingerprint density at radius 1 is 0.872 bits per heavy atom. The van der Waals surface area contributed by atoms with Crippen molar-refractivity contribution in [2.75, 3.05) is 11.9 Å². The van der Waals surface area contributed by atoms with E-state index in [1.807, 2.05) is 66.9 Å². The first-order chi connectivity index (χ1) is 19.2. The Balaban J connectivity index is 1.40. The molecule has 0 spiro atoms. The highest BCUT2D eigenvalue weighted by Gasteiger charge is 2.23. The number of nitrogens with zero attached hydrogens (tertiary/aromatic N) is 2. The molecule has 6 aromatic rings. The summed E-state index contributed by atoms with van der Waals surface area (Å²) in [7, 11) is 0. The Hall–Kier alpha value is -4.20. The first-order valence-corrected chi connectivity index (χ1v) is 14.5. The van der Waals surface area contributed by atoms with Gasteiger partial charge >= 0.3 is 5.97 Å². The SMILES string of the molecule is CCOC(=O)c1c(-c2ccccc2)csc1Nc1nc2ccccc2nc1SCc1cccc2ccccc12. The number of benzene rings is 4. The van der Waals surface area contributed by atoms with E-state index in [9.17, 15) is 4.79 Å². The molecule has 6 rings (SSSR count). The first kappa shape index (κ1) is 25.1. The number of thioether (sulfide) groups is 1. The van der Waals surface area contributed by atoms with Gasteiger partial charge in [0.05, 0.1) is 17.6 Å². The minimum absolute atomic E-state index is 0.296. The van der Waals surface area contributed by atoms with E-state index in [0.717, 1.165) is 32.9 Å². The quantitative estimate of drug-likeness (QED) is 0.152. The van der Waals surface area contributed by atoms with Gasteiger partial charge in [0, 0.05) is 16.7 Å². The molecule has 0 aliphatic rings. The summed E-state index contributed by atoms with van der Waals surface area (Å²) in [6.07, 6.45) is 0. The van der Waals surface area contributed by atoms with E-state index in [1.165, 1.54) is 27.7 Å². The van der Waals surface area contributed by atoms with Crippen LogP contribution >= 0.6 is 23.1 Å². The van der Waals surface area contributed by atoms with E-state index in [4.69, 9.17) is 14.7 Å². The van der Waals surface area contributed by atoms with Crippen LogP contribution in [0.15, 0.2) is 107 Å². The molecule has 4 aromatic carbocycles. The molecule has 0 aliphatic carbocycles. The van der Waals surface area contributed by atoms with Gasteiger partial charge in [-0.3, -0.25) is 0 Å². The molecule has 1 N–H and O–H groups in total. The van der Waals surface area contributed by atoms with E-state index in [1.54, 1.807) is 11.8 Å². The zero-order chi connectivity index (χ0) is 26.6. The first-order valence-electron chi connectivity index (χ1n) is 12.7. The second-order valence-electron chi connectivity index (χ2n) is 8.86. The van der Waals surface area contributed by atoms with Crippen LogP contribution in [0.1, 0.15) is 22.8 Å². The van der Waals surface area contributed by atoms with Crippen molar-refractivity contribution in [3.05, 3.63) is 114 Å². The number of anilines is 2. The maximum absolute atomic E-state index is 13.1. The van der Waals surface area contributed by atoms with Gasteiger partial charge in [-0.25, -0.2) is 14.8 Å². The Morgan fingerprint density at radius 3 is 2.41 bits per heavy atom. The molecule has 2 heterocycles. The third-order valence-corrected chi connectivity index (χ3v) is 8.28. The number of rotatable bonds is 8. The van der Waals surface area contributed by atoms with Crippen molar-refractivity contribution < 1.29 is 9.53 Å². The molecule has 0 aliphatic heterocycles. The highest BCUT2D eigenvalue weighted by atomic mass is 32.2. The molecule has 0 unspecified atom stereocenters. The Morgan fingerprint density at radius 2 is 1.59 bits per heavy atom. The van der Waals surface area contributed by atoms with E-state index < -0.39 is 0 Å². The lowest BCUT2D eigenvalue weighted by Gasteiger charge is -2.13. The molecule has 192 valence electrons. The number of aromatic nitrogens is 2. The molecule has 0 saturated carbocycles. The van der Waals surface area contributed by atoms with Gasteiger partial charge in [-0.1, -0.05) is 96.7 Å². The van der Waals surface area contributed by atoms with Gasteiger partial charge in [0.2, 0.25) is 0 Å². The lowest BCUT2D eigenvalue weighted by atomic mass is 10.0. The third kappa shape index (κ3) is 5.24. The second kappa shape index (κ2) is 11.3. The highest BCUT2D eigenvalue weighted by molar-refractivity contribution is 7.98. The van der Waals surface area contributed by atoms with Crippen LogP contribution in [0.25, 0.3) is 32.9 Å². The van der Waals surface area contributed by atoms with Crippen LogP contribution in [-0.2, 0) is 10.5 Å². The van der Waals surface area contributed by atoms with Gasteiger partial charge < -0.3 is 10.1 Å². The average Bonchev–Trinajstić information content (AvgIpc) is 3.40. The number of fused-ring (bicyclic) bond motifs is 2. The van der Waals surface area contributed by atoms with Crippen molar-refractivity contribution in [2.24, 2.45) is 0 Å². The molecule has 0 radical (unpaired) electrons. The van der Waals surface area contributed by atoms with Crippen LogP contribution in [-0.4, -0.2) is 22.5 Å². The Labute approximate surface area is 234 Å². The summed E-state index contributed by atoms with van der Waals surface area (Å²) < 4.78 is 5.46. The highest BCUT2D eigenvalue weighted by Crippen LogP contribution is 2.40. The molecule has 5 nitrogen and oxygen atoms in total. The van der Waals surface area contributed by atoms with Crippen molar-refractivity contribution >= 4 is 61.7 Å². The van der Waals surface area contributed by atoms with Crippen molar-refractivity contribution in [2.45, 2.75) is 17.7 Å². The smallest absolute Gasteiger partial charge is 0.341 e. The normalized spacial score (nSPS) is 11.1. The van der Waals surface area contributed by atoms with Gasteiger partial charge in [-0.2, -0.15) is 0 Å². The molecular weight excluding hydrogens is 523 g/mol. The fourth-order valence-electron chi connectivity index (χ4n) is 4.52. The number of carbonyl (C=O) groups excluding carboxylic acids is 1. The summed E-state index contributed by atoms with van der Waals surface area (Å²) in [6, 6.07) is 32.5. The third-order valence-electron chi connectivity index (χ3n) is 6.37. The number of ether oxygens (including phenoxy) is 1. The van der Waals surface area contributed by atoms with E-state index in [0.29, 0.717) is 23.0 Å². The van der Waals surface area contributed by atoms with Crippen LogP contribution in [0.4, 0.5) is 10.8 Å². The number of hydrogen-bond donors (Lipinski definition) is 1. The predicted octanol–water partition coefficient (Wildman–Crippen LogP) is 8.72. The molecule has 0 atom stereocenters. The summed E-state index contributed by atoms with van der Waals surface area (Å²) in [4.78, 5) is 23.0. The van der Waals surface area contributed by atoms with Crippen LogP contribution in [0.3, 0.4) is 0 Å². The standard InChI is InChI=1S/C32H25N3O2S2/c1-2-37-32(36)28-25(22-11-4-3-5-12-22)20-39-30(28)35-29-31(34-27-18-9-8-17-26(27)33-29)38-19-23-15-10-14-21-13-6-7-16-24(21)23/h3-18,20H,2,19H2,1H3,(H,33,35). The lowest BCUT2D eigenvalue weighted by molar-refractivity contribution is 0.0529. The minimum Gasteiger partial charge on any atom is -0.462 e. The van der Waals surface area contributed by atoms with Crippen molar-refractivity contribution in [1.82, 2.24) is 9.97 Å². The van der Waals surface area contributed by atoms with Crippen LogP contribution in [0.5, 0.6) is 0 Å². The molecule has 0 amide bonds. The molecule has 7 heteroatoms. The van der Waals surface area contributed by atoms with Crippen LogP contribution < -0.4 is 5.32 Å². The van der Waals surface area contributed by atoms with Gasteiger partial charge in [0.1, 0.15) is 15.6 Å². The molecule has 0 saturated heterocycles. The molecular formula is C32H25N3O2S2. The number of hydrogen-bond acceptors (Lipinski definition) is 7. The van der Waals surface area contributed by atoms with Gasteiger partial charge in [0.15, 0.2) is 5.82 Å². The molecule has 39 heavy (non-hydrogen) atoms. The van der Waals surface area contributed by atoms with Crippen molar-refractivity contribution in [1.29, 1.82) is 0 Å². The maximum atomic E-state index is 13.1. The monoisotopic (exact) mass is 547 g/mol. The summed E-state index contributed by atoms with van der Waals surface area (Å²) in [6.45, 7) is 2.11. The van der Waals surface area contributed by atoms with Crippen molar-refractivity contribution in [3.8, 4) is 11.1 Å². The summed E-state index contributed by atoms with van der Waals surface area (Å²) in [5.74, 6) is 0.984. The molecule has 0 bridgehead atoms. The zero-order valence-electron chi connectivity index (χ0n) is 21.3. The van der Waals surface area contributed by atoms with Gasteiger partial charge in [-0.05, 0) is 41.0 Å². The van der Waals surface area contributed by atoms with Gasteiger partial charge in [0.25, 0.3) is 0 Å². The number of nitrogens with one attached hydrogen (secondary N) is 1. The number of carbonyl (C=O) groups is 1. The van der Waals surface area contributed by atoms with E-state index in [-0.39, 0.29) is 5.97 Å².